The van der Waals surface area contributed by atoms with Crippen LogP contribution in [0.4, 0.5) is 14.5 Å². The fraction of sp³-hybridized carbons (Fsp3) is 0.576. The van der Waals surface area contributed by atoms with Gasteiger partial charge < -0.3 is 19.6 Å². The van der Waals surface area contributed by atoms with Crippen LogP contribution in [0.5, 0.6) is 5.75 Å². The number of carboxylic acid groups (broad SMARTS) is 1. The molecule has 0 spiro atoms. The molecule has 1 amide bonds. The van der Waals surface area contributed by atoms with Crippen molar-refractivity contribution in [2.24, 2.45) is 5.92 Å². The summed E-state index contributed by atoms with van der Waals surface area (Å²) in [5, 5.41) is 9.40. The quantitative estimate of drug-likeness (QED) is 0.485. The zero-order chi connectivity index (χ0) is 29.4. The summed E-state index contributed by atoms with van der Waals surface area (Å²) in [4.78, 5) is 31.5. The molecule has 2 aromatic rings. The number of piperidine rings is 1. The highest BCUT2D eigenvalue weighted by atomic mass is 19.1. The Morgan fingerprint density at radius 3 is 2.33 bits per heavy atom. The maximum atomic E-state index is 17.3. The fourth-order valence-electron chi connectivity index (χ4n) is 7.78. The van der Waals surface area contributed by atoms with Crippen LogP contribution in [0.2, 0.25) is 0 Å². The molecule has 6 rings (SSSR count). The number of halogens is 2. The molecule has 1 N–H and O–H groups in total. The lowest BCUT2D eigenvalue weighted by Crippen LogP contribution is -2.50. The van der Waals surface area contributed by atoms with Crippen molar-refractivity contribution in [3.05, 3.63) is 59.4 Å². The van der Waals surface area contributed by atoms with Crippen LogP contribution in [-0.4, -0.2) is 84.9 Å². The van der Waals surface area contributed by atoms with E-state index in [1.54, 1.807) is 18.1 Å². The van der Waals surface area contributed by atoms with Crippen molar-refractivity contribution in [1.82, 2.24) is 9.80 Å². The Hall–Kier alpha value is -3.20. The number of nitrogens with zero attached hydrogens (tertiary/aromatic N) is 3. The maximum Gasteiger partial charge on any atom is 0.306 e. The number of hydrogen-bond donors (Lipinski definition) is 1. The molecule has 4 aliphatic rings. The van der Waals surface area contributed by atoms with Gasteiger partial charge in [0.1, 0.15) is 11.6 Å². The summed E-state index contributed by atoms with van der Waals surface area (Å²) in [6.07, 6.45) is 6.06. The number of likely N-dealkylation sites (tertiary alicyclic amines) is 2. The summed E-state index contributed by atoms with van der Waals surface area (Å²) in [5.41, 5.74) is 0.487. The Kier molecular flexibility index (Phi) is 8.13. The molecule has 2 aromatic carbocycles. The van der Waals surface area contributed by atoms with Crippen molar-refractivity contribution < 1.29 is 28.2 Å². The summed E-state index contributed by atoms with van der Waals surface area (Å²) in [6.45, 7) is 2.53. The molecule has 3 aliphatic heterocycles. The Bertz CT molecular complexity index is 1290. The highest BCUT2D eigenvalue weighted by Gasteiger charge is 2.57. The Balaban J connectivity index is 1.22. The second kappa shape index (κ2) is 11.8. The molecular weight excluding hydrogens is 540 g/mol. The predicted octanol–water partition coefficient (Wildman–Crippen LogP) is 5.20. The van der Waals surface area contributed by atoms with Crippen LogP contribution in [0, 0.1) is 11.7 Å². The number of anilines is 1. The number of aliphatic carboxylic acids is 1. The van der Waals surface area contributed by atoms with Gasteiger partial charge in [0, 0.05) is 62.8 Å². The van der Waals surface area contributed by atoms with E-state index in [0.29, 0.717) is 63.8 Å². The average molecular weight is 582 g/mol. The minimum absolute atomic E-state index is 0.0443. The second-order valence-corrected chi connectivity index (χ2v) is 12.6. The molecule has 3 heterocycles. The van der Waals surface area contributed by atoms with Crippen molar-refractivity contribution in [3.63, 3.8) is 0 Å². The van der Waals surface area contributed by atoms with E-state index in [4.69, 9.17) is 4.74 Å². The molecule has 0 radical (unpaired) electrons. The Labute approximate surface area is 246 Å². The van der Waals surface area contributed by atoms with Gasteiger partial charge in [-0.05, 0) is 67.5 Å². The van der Waals surface area contributed by atoms with Crippen LogP contribution in [-0.2, 0) is 9.59 Å². The van der Waals surface area contributed by atoms with Crippen molar-refractivity contribution in [2.45, 2.75) is 68.5 Å². The first-order valence-electron chi connectivity index (χ1n) is 15.4. The molecule has 4 fully saturated rings. The van der Waals surface area contributed by atoms with Crippen molar-refractivity contribution in [1.29, 1.82) is 0 Å². The molecule has 1 saturated carbocycles. The standard InChI is InChI=1S/C33H41F2N3O4/c1-42-27-9-6-22(7-10-27)29-20-38(26-4-2-3-5-26)21-33(29,35)32(41)37-17-14-24(19-37)28-11-8-25(34)18-30(28)36-15-12-23(13-16-36)31(39)40/h6-11,18,23-24,26,29H,2-5,12-17,19-21H2,1H3,(H,39,40)/t24-,29+,33+/m1/s1. The predicted molar refractivity (Wildman–Crippen MR) is 156 cm³/mol. The van der Waals surface area contributed by atoms with E-state index < -0.39 is 23.5 Å². The van der Waals surface area contributed by atoms with E-state index in [2.05, 4.69) is 9.80 Å². The fourth-order valence-corrected chi connectivity index (χ4v) is 7.78. The van der Waals surface area contributed by atoms with Gasteiger partial charge in [0.05, 0.1) is 13.0 Å². The van der Waals surface area contributed by atoms with E-state index in [1.807, 2.05) is 24.3 Å². The van der Waals surface area contributed by atoms with Gasteiger partial charge in [-0.25, -0.2) is 8.78 Å². The zero-order valence-electron chi connectivity index (χ0n) is 24.3. The molecule has 7 nitrogen and oxygen atoms in total. The maximum absolute atomic E-state index is 17.3. The topological polar surface area (TPSA) is 73.3 Å². The van der Waals surface area contributed by atoms with Crippen molar-refractivity contribution in [3.8, 4) is 5.75 Å². The smallest absolute Gasteiger partial charge is 0.306 e. The Morgan fingerprint density at radius 2 is 1.67 bits per heavy atom. The summed E-state index contributed by atoms with van der Waals surface area (Å²) >= 11 is 0. The van der Waals surface area contributed by atoms with Gasteiger partial charge in [0.25, 0.3) is 5.91 Å². The third-order valence-electron chi connectivity index (χ3n) is 10.2. The first-order chi connectivity index (χ1) is 20.3. The molecule has 9 heteroatoms. The van der Waals surface area contributed by atoms with E-state index >= 15 is 4.39 Å². The van der Waals surface area contributed by atoms with Gasteiger partial charge >= 0.3 is 5.97 Å². The number of alkyl halides is 1. The minimum Gasteiger partial charge on any atom is -0.497 e. The SMILES string of the molecule is COc1ccc([C@@H]2CN(C3CCCC3)C[C@@]2(F)C(=O)N2CC[C@@H](c3ccc(F)cc3N3CCC(C(=O)O)CC3)C2)cc1. The first-order valence-corrected chi connectivity index (χ1v) is 15.4. The Morgan fingerprint density at radius 1 is 0.952 bits per heavy atom. The van der Waals surface area contributed by atoms with E-state index in [-0.39, 0.29) is 24.2 Å². The average Bonchev–Trinajstić information content (AvgIpc) is 3.78. The molecule has 3 atom stereocenters. The lowest BCUT2D eigenvalue weighted by atomic mass is 9.85. The third kappa shape index (κ3) is 5.48. The number of amides is 1. The largest absolute Gasteiger partial charge is 0.497 e. The number of benzene rings is 2. The highest BCUT2D eigenvalue weighted by molar-refractivity contribution is 5.88. The van der Waals surface area contributed by atoms with Crippen LogP contribution in [0.1, 0.15) is 67.9 Å². The first kappa shape index (κ1) is 28.9. The number of carboxylic acids is 1. The number of rotatable bonds is 7. The highest BCUT2D eigenvalue weighted by Crippen LogP contribution is 2.45. The number of methoxy groups -OCH3 is 1. The van der Waals surface area contributed by atoms with Crippen LogP contribution in [0.25, 0.3) is 0 Å². The summed E-state index contributed by atoms with van der Waals surface area (Å²) in [7, 11) is 1.60. The van der Waals surface area contributed by atoms with Gasteiger partial charge in [-0.15, -0.1) is 0 Å². The van der Waals surface area contributed by atoms with Gasteiger partial charge in [-0.2, -0.15) is 0 Å². The lowest BCUT2D eigenvalue weighted by molar-refractivity contribution is -0.143. The van der Waals surface area contributed by atoms with Crippen molar-refractivity contribution in [2.75, 3.05) is 51.3 Å². The summed E-state index contributed by atoms with van der Waals surface area (Å²) < 4.78 is 37.0. The monoisotopic (exact) mass is 581 g/mol. The third-order valence-corrected chi connectivity index (χ3v) is 10.2. The molecule has 0 aromatic heterocycles. The molecule has 42 heavy (non-hydrogen) atoms. The molecule has 0 bridgehead atoms. The molecule has 3 saturated heterocycles. The number of hydrogen-bond acceptors (Lipinski definition) is 5. The number of carbonyl (C=O) groups excluding carboxylic acids is 1. The van der Waals surface area contributed by atoms with Gasteiger partial charge in [0.2, 0.25) is 5.67 Å². The summed E-state index contributed by atoms with van der Waals surface area (Å²) in [5.74, 6) is -1.87. The molecular formula is C33H41F2N3O4. The van der Waals surface area contributed by atoms with Crippen LogP contribution < -0.4 is 9.64 Å². The minimum atomic E-state index is -2.03. The van der Waals surface area contributed by atoms with E-state index in [1.165, 1.54) is 12.1 Å². The van der Waals surface area contributed by atoms with Gasteiger partial charge in [0.15, 0.2) is 0 Å². The van der Waals surface area contributed by atoms with Crippen molar-refractivity contribution >= 4 is 17.6 Å². The van der Waals surface area contributed by atoms with E-state index in [9.17, 15) is 19.1 Å². The van der Waals surface area contributed by atoms with Crippen LogP contribution in [0.3, 0.4) is 0 Å². The van der Waals surface area contributed by atoms with Crippen LogP contribution in [0.15, 0.2) is 42.5 Å². The number of carbonyl (C=O) groups is 2. The molecule has 0 unspecified atom stereocenters. The van der Waals surface area contributed by atoms with Crippen LogP contribution >= 0.6 is 0 Å². The van der Waals surface area contributed by atoms with E-state index in [0.717, 1.165) is 42.5 Å². The summed E-state index contributed by atoms with van der Waals surface area (Å²) in [6, 6.07) is 12.5. The second-order valence-electron chi connectivity index (χ2n) is 12.6. The molecule has 226 valence electrons. The molecule has 1 aliphatic carbocycles. The lowest BCUT2D eigenvalue weighted by Gasteiger charge is -2.34. The van der Waals surface area contributed by atoms with Gasteiger partial charge in [-0.1, -0.05) is 31.0 Å². The normalized spacial score (nSPS) is 27.6. The number of ether oxygens (including phenoxy) is 1. The van der Waals surface area contributed by atoms with Gasteiger partial charge in [-0.3, -0.25) is 14.5 Å². The zero-order valence-corrected chi connectivity index (χ0v) is 24.3.